The molecule has 0 bridgehead atoms. The van der Waals surface area contributed by atoms with Gasteiger partial charge in [0, 0.05) is 16.9 Å². The van der Waals surface area contributed by atoms with Crippen LogP contribution in [0.1, 0.15) is 45.1 Å². The molecule has 3 nitrogen and oxygen atoms in total. The maximum absolute atomic E-state index is 9.47. The van der Waals surface area contributed by atoms with E-state index < -0.39 is 0 Å². The van der Waals surface area contributed by atoms with Gasteiger partial charge in [-0.3, -0.25) is 0 Å². The number of rotatable bonds is 4. The second-order valence-corrected chi connectivity index (χ2v) is 5.82. The van der Waals surface area contributed by atoms with Crippen molar-refractivity contribution in [3.8, 4) is 0 Å². The highest BCUT2D eigenvalue weighted by atomic mass is 32.2. The van der Waals surface area contributed by atoms with Gasteiger partial charge in [-0.2, -0.15) is 0 Å². The second-order valence-electron chi connectivity index (χ2n) is 4.42. The molecule has 1 rings (SSSR count). The molecule has 0 aliphatic rings. The van der Waals surface area contributed by atoms with Crippen LogP contribution in [0, 0.1) is 6.92 Å². The largest absolute Gasteiger partial charge is 0.392 e. The molecule has 0 spiro atoms. The molecular weight excluding hydrogens is 220 g/mol. The predicted octanol–water partition coefficient (Wildman–Crippen LogP) is 2.77. The van der Waals surface area contributed by atoms with Gasteiger partial charge >= 0.3 is 0 Å². The van der Waals surface area contributed by atoms with Crippen LogP contribution >= 0.6 is 11.8 Å². The van der Waals surface area contributed by atoms with Crippen LogP contribution in [0.15, 0.2) is 11.1 Å². The van der Waals surface area contributed by atoms with Gasteiger partial charge in [0.25, 0.3) is 0 Å². The smallest absolute Gasteiger partial charge is 0.132 e. The Morgan fingerprint density at radius 1 is 1.19 bits per heavy atom. The Morgan fingerprint density at radius 3 is 2.31 bits per heavy atom. The van der Waals surface area contributed by atoms with E-state index in [1.54, 1.807) is 18.7 Å². The molecule has 0 saturated heterocycles. The lowest BCUT2D eigenvalue weighted by atomic mass is 10.2. The number of thioether (sulfide) groups is 1. The normalized spacial score (nSPS) is 15.2. The Morgan fingerprint density at radius 2 is 1.81 bits per heavy atom. The SMILES string of the molecule is Cc1cc(SC(C)C(C)O)nc(C(C)C)n1. The predicted molar refractivity (Wildman–Crippen MR) is 67.9 cm³/mol. The topological polar surface area (TPSA) is 46.0 Å². The summed E-state index contributed by atoms with van der Waals surface area (Å²) in [5.41, 5.74) is 0.985. The number of hydrogen-bond acceptors (Lipinski definition) is 4. The summed E-state index contributed by atoms with van der Waals surface area (Å²) in [4.78, 5) is 8.89. The molecule has 0 aliphatic carbocycles. The van der Waals surface area contributed by atoms with Crippen LogP contribution in [-0.2, 0) is 0 Å². The highest BCUT2D eigenvalue weighted by molar-refractivity contribution is 7.99. The number of aliphatic hydroxyl groups is 1. The molecule has 0 aromatic carbocycles. The Labute approximate surface area is 102 Å². The van der Waals surface area contributed by atoms with Crippen LogP contribution in [0.25, 0.3) is 0 Å². The molecule has 1 aromatic heterocycles. The number of nitrogens with zero attached hydrogens (tertiary/aromatic N) is 2. The van der Waals surface area contributed by atoms with Crippen molar-refractivity contribution in [1.29, 1.82) is 0 Å². The van der Waals surface area contributed by atoms with Gasteiger partial charge < -0.3 is 5.11 Å². The highest BCUT2D eigenvalue weighted by Gasteiger charge is 2.13. The molecule has 16 heavy (non-hydrogen) atoms. The molecule has 4 heteroatoms. The first-order valence-corrected chi connectivity index (χ1v) is 6.48. The molecule has 2 unspecified atom stereocenters. The van der Waals surface area contributed by atoms with E-state index in [9.17, 15) is 5.11 Å². The first-order chi connectivity index (χ1) is 7.40. The van der Waals surface area contributed by atoms with E-state index >= 15 is 0 Å². The zero-order chi connectivity index (χ0) is 12.3. The van der Waals surface area contributed by atoms with Gasteiger partial charge in [0.1, 0.15) is 10.9 Å². The molecule has 90 valence electrons. The Bertz CT molecular complexity index is 353. The zero-order valence-electron chi connectivity index (χ0n) is 10.6. The number of aliphatic hydroxyl groups excluding tert-OH is 1. The van der Waals surface area contributed by atoms with Crippen molar-refractivity contribution in [2.45, 2.75) is 56.9 Å². The van der Waals surface area contributed by atoms with Crippen LogP contribution in [0.4, 0.5) is 0 Å². The van der Waals surface area contributed by atoms with Crippen molar-refractivity contribution in [2.24, 2.45) is 0 Å². The summed E-state index contributed by atoms with van der Waals surface area (Å²) in [6.45, 7) is 9.95. The molecule has 0 aliphatic heterocycles. The average Bonchev–Trinajstić information content (AvgIpc) is 2.16. The lowest BCUT2D eigenvalue weighted by Gasteiger charge is -2.14. The first-order valence-electron chi connectivity index (χ1n) is 5.60. The maximum atomic E-state index is 9.47. The van der Waals surface area contributed by atoms with Crippen molar-refractivity contribution < 1.29 is 5.11 Å². The first kappa shape index (κ1) is 13.5. The minimum absolute atomic E-state index is 0.148. The van der Waals surface area contributed by atoms with Gasteiger partial charge in [-0.15, -0.1) is 11.8 Å². The molecule has 1 heterocycles. The van der Waals surface area contributed by atoms with E-state index in [1.807, 2.05) is 19.9 Å². The van der Waals surface area contributed by atoms with Gasteiger partial charge in [0.15, 0.2) is 0 Å². The number of aromatic nitrogens is 2. The summed E-state index contributed by atoms with van der Waals surface area (Å²) >= 11 is 1.60. The van der Waals surface area contributed by atoms with E-state index in [1.165, 1.54) is 0 Å². The molecule has 0 radical (unpaired) electrons. The van der Waals surface area contributed by atoms with Crippen molar-refractivity contribution in [2.75, 3.05) is 0 Å². The number of aryl methyl sites for hydroxylation is 1. The fourth-order valence-electron chi connectivity index (χ4n) is 1.17. The fraction of sp³-hybridized carbons (Fsp3) is 0.667. The molecule has 0 amide bonds. The Kier molecular flexibility index (Phi) is 4.74. The van der Waals surface area contributed by atoms with Crippen LogP contribution in [0.5, 0.6) is 0 Å². The lowest BCUT2D eigenvalue weighted by molar-refractivity contribution is 0.196. The van der Waals surface area contributed by atoms with E-state index in [4.69, 9.17) is 0 Å². The summed E-state index contributed by atoms with van der Waals surface area (Å²) < 4.78 is 0. The van der Waals surface area contributed by atoms with Crippen LogP contribution < -0.4 is 0 Å². The summed E-state index contributed by atoms with van der Waals surface area (Å²) in [6.07, 6.45) is -0.331. The molecule has 0 fully saturated rings. The van der Waals surface area contributed by atoms with E-state index in [2.05, 4.69) is 23.8 Å². The average molecular weight is 240 g/mol. The van der Waals surface area contributed by atoms with E-state index in [-0.39, 0.29) is 11.4 Å². The van der Waals surface area contributed by atoms with Crippen molar-refractivity contribution in [3.05, 3.63) is 17.6 Å². The third-order valence-electron chi connectivity index (χ3n) is 2.35. The van der Waals surface area contributed by atoms with Gasteiger partial charge in [-0.05, 0) is 19.9 Å². The molecule has 2 atom stereocenters. The fourth-order valence-corrected chi connectivity index (χ4v) is 2.13. The summed E-state index contributed by atoms with van der Waals surface area (Å²) in [6, 6.07) is 1.97. The minimum atomic E-state index is -0.331. The molecule has 1 aromatic rings. The second kappa shape index (κ2) is 5.64. The highest BCUT2D eigenvalue weighted by Crippen LogP contribution is 2.25. The molecule has 0 saturated carbocycles. The van der Waals surface area contributed by atoms with Crippen molar-refractivity contribution >= 4 is 11.8 Å². The third-order valence-corrected chi connectivity index (χ3v) is 3.57. The van der Waals surface area contributed by atoms with E-state index in [0.717, 1.165) is 16.5 Å². The number of hydrogen-bond donors (Lipinski definition) is 1. The van der Waals surface area contributed by atoms with Crippen molar-refractivity contribution in [3.63, 3.8) is 0 Å². The van der Waals surface area contributed by atoms with Crippen LogP contribution in [0.2, 0.25) is 0 Å². The van der Waals surface area contributed by atoms with Crippen LogP contribution in [-0.4, -0.2) is 26.4 Å². The van der Waals surface area contributed by atoms with Gasteiger partial charge in [-0.25, -0.2) is 9.97 Å². The third kappa shape index (κ3) is 3.76. The quantitative estimate of drug-likeness (QED) is 0.649. The monoisotopic (exact) mass is 240 g/mol. The Hall–Kier alpha value is -0.610. The van der Waals surface area contributed by atoms with Gasteiger partial charge in [-0.1, -0.05) is 20.8 Å². The van der Waals surface area contributed by atoms with Crippen LogP contribution in [0.3, 0.4) is 0 Å². The van der Waals surface area contributed by atoms with Gasteiger partial charge in [0.2, 0.25) is 0 Å². The summed E-state index contributed by atoms with van der Waals surface area (Å²) in [7, 11) is 0. The maximum Gasteiger partial charge on any atom is 0.132 e. The summed E-state index contributed by atoms with van der Waals surface area (Å²) in [5, 5.41) is 10.6. The van der Waals surface area contributed by atoms with E-state index in [0.29, 0.717) is 5.92 Å². The zero-order valence-corrected chi connectivity index (χ0v) is 11.4. The van der Waals surface area contributed by atoms with Crippen molar-refractivity contribution in [1.82, 2.24) is 9.97 Å². The minimum Gasteiger partial charge on any atom is -0.392 e. The molecular formula is C12H20N2OS. The Balaban J connectivity index is 2.88. The summed E-state index contributed by atoms with van der Waals surface area (Å²) in [5.74, 6) is 1.21. The molecule has 1 N–H and O–H groups in total. The van der Waals surface area contributed by atoms with Gasteiger partial charge in [0.05, 0.1) is 6.10 Å². The lowest BCUT2D eigenvalue weighted by Crippen LogP contribution is -2.15. The standard InChI is InChI=1S/C12H20N2OS/c1-7(2)12-13-8(3)6-11(14-12)16-10(5)9(4)15/h6-7,9-10,15H,1-5H3.